The number of aromatic nitrogens is 2. The summed E-state index contributed by atoms with van der Waals surface area (Å²) in [6, 6.07) is 9.02. The SMILES string of the molecule is CSc1ccc(CNc2cnn(C(C)C)c2)cc1. The fourth-order valence-corrected chi connectivity index (χ4v) is 2.07. The summed E-state index contributed by atoms with van der Waals surface area (Å²) in [4.78, 5) is 1.30. The number of nitrogens with one attached hydrogen (secondary N) is 1. The first-order valence-electron chi connectivity index (χ1n) is 6.10. The molecule has 0 amide bonds. The molecule has 0 atom stereocenters. The molecule has 0 bridgehead atoms. The maximum Gasteiger partial charge on any atom is 0.0729 e. The van der Waals surface area contributed by atoms with Crippen LogP contribution in [0, 0.1) is 0 Å². The monoisotopic (exact) mass is 261 g/mol. The van der Waals surface area contributed by atoms with Gasteiger partial charge in [0.05, 0.1) is 11.9 Å². The van der Waals surface area contributed by atoms with Crippen molar-refractivity contribution in [1.29, 1.82) is 0 Å². The molecule has 0 radical (unpaired) electrons. The topological polar surface area (TPSA) is 29.9 Å². The third-order valence-corrected chi connectivity index (χ3v) is 3.53. The van der Waals surface area contributed by atoms with Crippen LogP contribution in [0.1, 0.15) is 25.5 Å². The number of benzene rings is 1. The van der Waals surface area contributed by atoms with Gasteiger partial charge in [0.1, 0.15) is 0 Å². The van der Waals surface area contributed by atoms with E-state index in [1.165, 1.54) is 10.5 Å². The van der Waals surface area contributed by atoms with Crippen molar-refractivity contribution in [3.8, 4) is 0 Å². The molecule has 1 heterocycles. The van der Waals surface area contributed by atoms with E-state index in [2.05, 4.69) is 54.8 Å². The second-order valence-corrected chi connectivity index (χ2v) is 5.38. The highest BCUT2D eigenvalue weighted by atomic mass is 32.2. The second kappa shape index (κ2) is 5.96. The number of thioether (sulfide) groups is 1. The summed E-state index contributed by atoms with van der Waals surface area (Å²) in [5, 5.41) is 7.69. The van der Waals surface area contributed by atoms with Crippen molar-refractivity contribution in [2.75, 3.05) is 11.6 Å². The van der Waals surface area contributed by atoms with Crippen molar-refractivity contribution in [2.24, 2.45) is 0 Å². The summed E-state index contributed by atoms with van der Waals surface area (Å²) < 4.78 is 1.96. The van der Waals surface area contributed by atoms with Crippen molar-refractivity contribution >= 4 is 17.4 Å². The minimum absolute atomic E-state index is 0.404. The fraction of sp³-hybridized carbons (Fsp3) is 0.357. The van der Waals surface area contributed by atoms with Crippen LogP contribution in [0.5, 0.6) is 0 Å². The Labute approximate surface area is 113 Å². The normalized spacial score (nSPS) is 10.9. The first kappa shape index (κ1) is 13.0. The minimum atomic E-state index is 0.404. The lowest BCUT2D eigenvalue weighted by molar-refractivity contribution is 0.532. The van der Waals surface area contributed by atoms with Gasteiger partial charge in [-0.3, -0.25) is 4.68 Å². The molecule has 0 aliphatic rings. The molecule has 1 aromatic heterocycles. The third kappa shape index (κ3) is 3.29. The third-order valence-electron chi connectivity index (χ3n) is 2.79. The molecule has 3 nitrogen and oxygen atoms in total. The van der Waals surface area contributed by atoms with Gasteiger partial charge in [-0.25, -0.2) is 0 Å². The molecule has 0 spiro atoms. The summed E-state index contributed by atoms with van der Waals surface area (Å²) in [6.45, 7) is 5.08. The van der Waals surface area contributed by atoms with E-state index in [1.807, 2.05) is 17.1 Å². The molecular formula is C14H19N3S. The molecule has 0 fully saturated rings. The molecule has 0 aliphatic carbocycles. The van der Waals surface area contributed by atoms with Gasteiger partial charge in [0.25, 0.3) is 0 Å². The van der Waals surface area contributed by atoms with Gasteiger partial charge in [-0.05, 0) is 37.8 Å². The maximum atomic E-state index is 4.31. The molecule has 1 N–H and O–H groups in total. The summed E-state index contributed by atoms with van der Waals surface area (Å²) in [7, 11) is 0. The largest absolute Gasteiger partial charge is 0.378 e. The Morgan fingerprint density at radius 3 is 2.56 bits per heavy atom. The number of hydrogen-bond donors (Lipinski definition) is 1. The van der Waals surface area contributed by atoms with E-state index in [0.717, 1.165) is 12.2 Å². The van der Waals surface area contributed by atoms with Gasteiger partial charge < -0.3 is 5.32 Å². The fourth-order valence-electron chi connectivity index (χ4n) is 1.66. The molecule has 0 unspecified atom stereocenters. The maximum absolute atomic E-state index is 4.31. The Morgan fingerprint density at radius 1 is 1.28 bits per heavy atom. The zero-order chi connectivity index (χ0) is 13.0. The van der Waals surface area contributed by atoms with Crippen LogP contribution in [0.4, 0.5) is 5.69 Å². The van der Waals surface area contributed by atoms with Gasteiger partial charge in [-0.2, -0.15) is 5.10 Å². The molecule has 0 saturated carbocycles. The van der Waals surface area contributed by atoms with E-state index in [-0.39, 0.29) is 0 Å². The van der Waals surface area contributed by atoms with Gasteiger partial charge in [-0.15, -0.1) is 11.8 Å². The van der Waals surface area contributed by atoms with E-state index >= 15 is 0 Å². The van der Waals surface area contributed by atoms with Gasteiger partial charge in [-0.1, -0.05) is 12.1 Å². The van der Waals surface area contributed by atoms with Gasteiger partial charge in [0.15, 0.2) is 0 Å². The highest BCUT2D eigenvalue weighted by molar-refractivity contribution is 7.98. The number of nitrogens with zero attached hydrogens (tertiary/aromatic N) is 2. The van der Waals surface area contributed by atoms with Crippen LogP contribution < -0.4 is 5.32 Å². The Balaban J connectivity index is 1.93. The van der Waals surface area contributed by atoms with Gasteiger partial charge >= 0.3 is 0 Å². The number of rotatable bonds is 5. The van der Waals surface area contributed by atoms with Gasteiger partial charge in [0, 0.05) is 23.7 Å². The first-order chi connectivity index (χ1) is 8.69. The lowest BCUT2D eigenvalue weighted by atomic mass is 10.2. The summed E-state index contributed by atoms with van der Waals surface area (Å²) >= 11 is 1.76. The minimum Gasteiger partial charge on any atom is -0.378 e. The molecule has 96 valence electrons. The van der Waals surface area contributed by atoms with Crippen molar-refractivity contribution in [3.63, 3.8) is 0 Å². The van der Waals surface area contributed by atoms with E-state index in [0.29, 0.717) is 6.04 Å². The van der Waals surface area contributed by atoms with E-state index in [1.54, 1.807) is 11.8 Å². The van der Waals surface area contributed by atoms with Crippen molar-refractivity contribution in [2.45, 2.75) is 31.3 Å². The van der Waals surface area contributed by atoms with Crippen LogP contribution in [-0.4, -0.2) is 16.0 Å². The van der Waals surface area contributed by atoms with E-state index in [4.69, 9.17) is 0 Å². The standard InChI is InChI=1S/C14H19N3S/c1-11(2)17-10-13(9-16-17)15-8-12-4-6-14(18-3)7-5-12/h4-7,9-11,15H,8H2,1-3H3. The number of hydrogen-bond acceptors (Lipinski definition) is 3. The lowest BCUT2D eigenvalue weighted by Gasteiger charge is -2.05. The molecule has 0 saturated heterocycles. The predicted molar refractivity (Wildman–Crippen MR) is 78.2 cm³/mol. The molecule has 2 rings (SSSR count). The van der Waals surface area contributed by atoms with E-state index < -0.39 is 0 Å². The van der Waals surface area contributed by atoms with Crippen molar-refractivity contribution in [1.82, 2.24) is 9.78 Å². The van der Waals surface area contributed by atoms with Crippen LogP contribution >= 0.6 is 11.8 Å². The Hall–Kier alpha value is -1.42. The van der Waals surface area contributed by atoms with Crippen molar-refractivity contribution in [3.05, 3.63) is 42.2 Å². The van der Waals surface area contributed by atoms with E-state index in [9.17, 15) is 0 Å². The van der Waals surface area contributed by atoms with Crippen LogP contribution in [0.15, 0.2) is 41.6 Å². The molecular weight excluding hydrogens is 242 g/mol. The second-order valence-electron chi connectivity index (χ2n) is 4.50. The Morgan fingerprint density at radius 2 is 2.00 bits per heavy atom. The van der Waals surface area contributed by atoms with Gasteiger partial charge in [0.2, 0.25) is 0 Å². The van der Waals surface area contributed by atoms with Crippen LogP contribution in [0.2, 0.25) is 0 Å². The summed E-state index contributed by atoms with van der Waals surface area (Å²) in [6.07, 6.45) is 6.00. The summed E-state index contributed by atoms with van der Waals surface area (Å²) in [5.41, 5.74) is 2.35. The first-order valence-corrected chi connectivity index (χ1v) is 7.32. The van der Waals surface area contributed by atoms with Crippen molar-refractivity contribution < 1.29 is 0 Å². The molecule has 1 aromatic carbocycles. The number of anilines is 1. The Bertz CT molecular complexity index is 488. The summed E-state index contributed by atoms with van der Waals surface area (Å²) in [5.74, 6) is 0. The van der Waals surface area contributed by atoms with Crippen LogP contribution in [-0.2, 0) is 6.54 Å². The van der Waals surface area contributed by atoms with Crippen LogP contribution in [0.3, 0.4) is 0 Å². The zero-order valence-corrected chi connectivity index (χ0v) is 11.9. The average molecular weight is 261 g/mol. The lowest BCUT2D eigenvalue weighted by Crippen LogP contribution is -2.01. The highest BCUT2D eigenvalue weighted by Crippen LogP contribution is 2.16. The molecule has 2 aromatic rings. The molecule has 4 heteroatoms. The quantitative estimate of drug-likeness (QED) is 0.830. The zero-order valence-electron chi connectivity index (χ0n) is 11.1. The highest BCUT2D eigenvalue weighted by Gasteiger charge is 2.01. The average Bonchev–Trinajstić information content (AvgIpc) is 2.86. The molecule has 18 heavy (non-hydrogen) atoms. The molecule has 0 aliphatic heterocycles. The Kier molecular flexibility index (Phi) is 4.31. The van der Waals surface area contributed by atoms with Crippen LogP contribution in [0.25, 0.3) is 0 Å². The smallest absolute Gasteiger partial charge is 0.0729 e. The predicted octanol–water partition coefficient (Wildman–Crippen LogP) is 3.80.